The van der Waals surface area contributed by atoms with Gasteiger partial charge in [-0.05, 0) is 47.9 Å². The summed E-state index contributed by atoms with van der Waals surface area (Å²) in [5.74, 6) is -0.182. The van der Waals surface area contributed by atoms with Crippen molar-refractivity contribution in [1.29, 1.82) is 0 Å². The van der Waals surface area contributed by atoms with E-state index in [0.29, 0.717) is 0 Å². The maximum absolute atomic E-state index is 13.5. The van der Waals surface area contributed by atoms with E-state index < -0.39 is 0 Å². The van der Waals surface area contributed by atoms with Crippen LogP contribution in [0.4, 0.5) is 4.39 Å². The Morgan fingerprint density at radius 1 is 1.15 bits per heavy atom. The van der Waals surface area contributed by atoms with E-state index in [9.17, 15) is 4.39 Å². The fourth-order valence-electron chi connectivity index (χ4n) is 3.04. The SMILES string of the molecule is Fc1ccc2[nH]c3c(c2c1)CCNC3c1ccncc1. The van der Waals surface area contributed by atoms with Crippen molar-refractivity contribution in [3.8, 4) is 0 Å². The summed E-state index contributed by atoms with van der Waals surface area (Å²) in [6.07, 6.45) is 4.52. The van der Waals surface area contributed by atoms with Gasteiger partial charge in [-0.15, -0.1) is 0 Å². The number of nitrogens with one attached hydrogen (secondary N) is 2. The third kappa shape index (κ3) is 1.72. The average molecular weight is 267 g/mol. The van der Waals surface area contributed by atoms with Crippen LogP contribution in [0.25, 0.3) is 10.9 Å². The predicted octanol–water partition coefficient (Wildman–Crippen LogP) is 2.94. The molecule has 3 nitrogen and oxygen atoms in total. The normalized spacial score (nSPS) is 18.1. The number of halogens is 1. The highest BCUT2D eigenvalue weighted by atomic mass is 19.1. The molecule has 4 heteroatoms. The van der Waals surface area contributed by atoms with Crippen LogP contribution in [0, 0.1) is 5.82 Å². The zero-order valence-corrected chi connectivity index (χ0v) is 10.9. The van der Waals surface area contributed by atoms with E-state index in [0.717, 1.165) is 29.6 Å². The van der Waals surface area contributed by atoms with Gasteiger partial charge in [-0.1, -0.05) is 0 Å². The van der Waals surface area contributed by atoms with Crippen LogP contribution in [0.5, 0.6) is 0 Å². The summed E-state index contributed by atoms with van der Waals surface area (Å²) in [7, 11) is 0. The van der Waals surface area contributed by atoms with Gasteiger partial charge in [0.1, 0.15) is 5.82 Å². The van der Waals surface area contributed by atoms with Gasteiger partial charge in [0.15, 0.2) is 0 Å². The first-order chi connectivity index (χ1) is 9.83. The molecule has 3 aromatic rings. The summed E-state index contributed by atoms with van der Waals surface area (Å²) in [5, 5.41) is 4.51. The topological polar surface area (TPSA) is 40.7 Å². The van der Waals surface area contributed by atoms with E-state index in [4.69, 9.17) is 0 Å². The van der Waals surface area contributed by atoms with Crippen LogP contribution in [0.1, 0.15) is 22.9 Å². The molecule has 0 fully saturated rings. The molecule has 2 N–H and O–H groups in total. The second-order valence-corrected chi connectivity index (χ2v) is 5.12. The van der Waals surface area contributed by atoms with Crippen molar-refractivity contribution in [2.45, 2.75) is 12.5 Å². The Balaban J connectivity index is 1.91. The molecule has 100 valence electrons. The molecule has 1 atom stereocenters. The van der Waals surface area contributed by atoms with Gasteiger partial charge in [0, 0.05) is 35.5 Å². The Morgan fingerprint density at radius 2 is 2.00 bits per heavy atom. The minimum atomic E-state index is -0.182. The molecule has 1 unspecified atom stereocenters. The summed E-state index contributed by atoms with van der Waals surface area (Å²) < 4.78 is 13.5. The summed E-state index contributed by atoms with van der Waals surface area (Å²) in [4.78, 5) is 7.51. The van der Waals surface area contributed by atoms with Gasteiger partial charge in [-0.25, -0.2) is 4.39 Å². The minimum Gasteiger partial charge on any atom is -0.357 e. The van der Waals surface area contributed by atoms with Crippen LogP contribution in [-0.2, 0) is 6.42 Å². The number of benzene rings is 1. The second-order valence-electron chi connectivity index (χ2n) is 5.12. The number of aromatic nitrogens is 2. The van der Waals surface area contributed by atoms with Crippen molar-refractivity contribution in [1.82, 2.24) is 15.3 Å². The van der Waals surface area contributed by atoms with Gasteiger partial charge >= 0.3 is 0 Å². The molecule has 4 rings (SSSR count). The van der Waals surface area contributed by atoms with E-state index in [2.05, 4.69) is 15.3 Å². The van der Waals surface area contributed by atoms with Crippen LogP contribution in [0.3, 0.4) is 0 Å². The fourth-order valence-corrected chi connectivity index (χ4v) is 3.04. The maximum atomic E-state index is 13.5. The Bertz CT molecular complexity index is 764. The lowest BCUT2D eigenvalue weighted by atomic mass is 9.95. The number of hydrogen-bond acceptors (Lipinski definition) is 2. The number of nitrogens with zero attached hydrogens (tertiary/aromatic N) is 1. The van der Waals surface area contributed by atoms with Crippen molar-refractivity contribution in [3.05, 3.63) is 65.4 Å². The van der Waals surface area contributed by atoms with Gasteiger partial charge < -0.3 is 10.3 Å². The smallest absolute Gasteiger partial charge is 0.123 e. The number of fused-ring (bicyclic) bond motifs is 3. The summed E-state index contributed by atoms with van der Waals surface area (Å²) >= 11 is 0. The molecule has 1 aliphatic rings. The molecule has 3 heterocycles. The first-order valence-corrected chi connectivity index (χ1v) is 6.76. The Hall–Kier alpha value is -2.20. The predicted molar refractivity (Wildman–Crippen MR) is 76.0 cm³/mol. The Morgan fingerprint density at radius 3 is 2.85 bits per heavy atom. The van der Waals surface area contributed by atoms with Crippen LogP contribution in [0.15, 0.2) is 42.7 Å². The van der Waals surface area contributed by atoms with E-state index >= 15 is 0 Å². The second kappa shape index (κ2) is 4.42. The van der Waals surface area contributed by atoms with E-state index in [1.807, 2.05) is 18.2 Å². The van der Waals surface area contributed by atoms with Crippen molar-refractivity contribution in [2.24, 2.45) is 0 Å². The fraction of sp³-hybridized carbons (Fsp3) is 0.188. The van der Waals surface area contributed by atoms with Crippen LogP contribution in [-0.4, -0.2) is 16.5 Å². The number of pyridine rings is 1. The third-order valence-electron chi connectivity index (χ3n) is 3.95. The van der Waals surface area contributed by atoms with E-state index in [-0.39, 0.29) is 11.9 Å². The molecule has 20 heavy (non-hydrogen) atoms. The van der Waals surface area contributed by atoms with Crippen LogP contribution in [0.2, 0.25) is 0 Å². The highest BCUT2D eigenvalue weighted by Crippen LogP contribution is 2.33. The minimum absolute atomic E-state index is 0.122. The zero-order chi connectivity index (χ0) is 13.5. The molecule has 1 aliphatic heterocycles. The molecular formula is C16H14FN3. The molecule has 0 aliphatic carbocycles. The monoisotopic (exact) mass is 267 g/mol. The van der Waals surface area contributed by atoms with Crippen molar-refractivity contribution in [3.63, 3.8) is 0 Å². The summed E-state index contributed by atoms with van der Waals surface area (Å²) in [6, 6.07) is 9.08. The lowest BCUT2D eigenvalue weighted by Gasteiger charge is -2.24. The number of aromatic amines is 1. The Labute approximate surface area is 115 Å². The maximum Gasteiger partial charge on any atom is 0.123 e. The molecule has 0 amide bonds. The molecule has 2 aromatic heterocycles. The lowest BCUT2D eigenvalue weighted by molar-refractivity contribution is 0.560. The molecule has 0 saturated carbocycles. The van der Waals surface area contributed by atoms with Crippen LogP contribution < -0.4 is 5.32 Å². The molecular weight excluding hydrogens is 253 g/mol. The molecule has 0 spiro atoms. The number of H-pyrrole nitrogens is 1. The first-order valence-electron chi connectivity index (χ1n) is 6.76. The first kappa shape index (κ1) is 11.6. The lowest BCUT2D eigenvalue weighted by Crippen LogP contribution is -2.30. The summed E-state index contributed by atoms with van der Waals surface area (Å²) in [5.41, 5.74) is 4.54. The number of hydrogen-bond donors (Lipinski definition) is 2. The average Bonchev–Trinajstić information content (AvgIpc) is 2.86. The number of rotatable bonds is 1. The van der Waals surface area contributed by atoms with Gasteiger partial charge in [0.2, 0.25) is 0 Å². The van der Waals surface area contributed by atoms with Gasteiger partial charge in [0.25, 0.3) is 0 Å². The van der Waals surface area contributed by atoms with Gasteiger partial charge in [-0.2, -0.15) is 0 Å². The van der Waals surface area contributed by atoms with E-state index in [1.165, 1.54) is 17.2 Å². The van der Waals surface area contributed by atoms with Crippen molar-refractivity contribution >= 4 is 10.9 Å². The molecule has 0 radical (unpaired) electrons. The molecule has 0 bridgehead atoms. The van der Waals surface area contributed by atoms with E-state index in [1.54, 1.807) is 18.5 Å². The van der Waals surface area contributed by atoms with Crippen LogP contribution >= 0.6 is 0 Å². The third-order valence-corrected chi connectivity index (χ3v) is 3.95. The molecule has 0 saturated heterocycles. The quantitative estimate of drug-likeness (QED) is 0.711. The van der Waals surface area contributed by atoms with Gasteiger partial charge in [0.05, 0.1) is 6.04 Å². The highest BCUT2D eigenvalue weighted by Gasteiger charge is 2.25. The largest absolute Gasteiger partial charge is 0.357 e. The van der Waals surface area contributed by atoms with Gasteiger partial charge in [-0.3, -0.25) is 4.98 Å². The Kier molecular flexibility index (Phi) is 2.57. The highest BCUT2D eigenvalue weighted by molar-refractivity contribution is 5.85. The van der Waals surface area contributed by atoms with Crippen molar-refractivity contribution in [2.75, 3.05) is 6.54 Å². The molecule has 1 aromatic carbocycles. The summed E-state index contributed by atoms with van der Waals surface area (Å²) in [6.45, 7) is 0.892. The standard InChI is InChI=1S/C16H14FN3/c17-11-1-2-14-13(9-11)12-5-8-19-15(16(12)20-14)10-3-6-18-7-4-10/h1-4,6-7,9,15,19-20H,5,8H2. The zero-order valence-electron chi connectivity index (χ0n) is 10.9. The van der Waals surface area contributed by atoms with Crippen molar-refractivity contribution < 1.29 is 4.39 Å².